The highest BCUT2D eigenvalue weighted by Crippen LogP contribution is 2.32. The maximum atomic E-state index is 11.9. The molecule has 1 aromatic carbocycles. The van der Waals surface area contributed by atoms with Crippen molar-refractivity contribution in [3.05, 3.63) is 23.8 Å². The second kappa shape index (κ2) is 6.05. The first-order valence-corrected chi connectivity index (χ1v) is 6.26. The summed E-state index contributed by atoms with van der Waals surface area (Å²) in [4.78, 5) is 36.6. The van der Waals surface area contributed by atoms with Crippen LogP contribution in [0, 0.1) is 11.3 Å². The van der Waals surface area contributed by atoms with E-state index in [1.807, 2.05) is 6.07 Å². The lowest BCUT2D eigenvalue weighted by Gasteiger charge is -2.16. The fourth-order valence-corrected chi connectivity index (χ4v) is 2.02. The number of carbonyl (C=O) groups excluding carboxylic acids is 3. The van der Waals surface area contributed by atoms with Crippen molar-refractivity contribution in [3.8, 4) is 11.8 Å². The summed E-state index contributed by atoms with van der Waals surface area (Å²) in [7, 11) is 1.47. The number of rotatable bonds is 5. The predicted molar refractivity (Wildman–Crippen MR) is 72.9 cm³/mol. The van der Waals surface area contributed by atoms with E-state index in [-0.39, 0.29) is 25.1 Å². The van der Waals surface area contributed by atoms with Gasteiger partial charge in [0, 0.05) is 12.6 Å². The third-order valence-electron chi connectivity index (χ3n) is 3.04. The summed E-state index contributed by atoms with van der Waals surface area (Å²) in [5.74, 6) is -1.32. The summed E-state index contributed by atoms with van der Waals surface area (Å²) >= 11 is 0. The quantitative estimate of drug-likeness (QED) is 0.618. The van der Waals surface area contributed by atoms with E-state index in [2.05, 4.69) is 5.32 Å². The number of ether oxygens (including phenoxy) is 1. The van der Waals surface area contributed by atoms with Crippen LogP contribution in [0.3, 0.4) is 0 Å². The number of nitrogens with one attached hydrogen (secondary N) is 1. The number of benzene rings is 1. The molecule has 0 saturated heterocycles. The standard InChI is InChI=1S/C14H13N3O4/c1-21-9-3-4-10-11(7-9)17(14(20)13(10)19)8-12(18)16-6-2-5-15/h3-4,7H,2,6,8H2,1H3,(H,16,18). The topological polar surface area (TPSA) is 99.5 Å². The van der Waals surface area contributed by atoms with Gasteiger partial charge in [0.15, 0.2) is 0 Å². The lowest BCUT2D eigenvalue weighted by atomic mass is 10.1. The lowest BCUT2D eigenvalue weighted by molar-refractivity contribution is -0.122. The molecule has 1 heterocycles. The zero-order valence-corrected chi connectivity index (χ0v) is 11.4. The van der Waals surface area contributed by atoms with Crippen molar-refractivity contribution in [2.24, 2.45) is 0 Å². The van der Waals surface area contributed by atoms with Crippen molar-refractivity contribution < 1.29 is 19.1 Å². The number of nitriles is 1. The molecule has 7 heteroatoms. The number of nitrogens with zero attached hydrogens (tertiary/aromatic N) is 2. The summed E-state index contributed by atoms with van der Waals surface area (Å²) in [5.41, 5.74) is 0.616. The molecule has 2 amide bonds. The van der Waals surface area contributed by atoms with E-state index in [9.17, 15) is 14.4 Å². The van der Waals surface area contributed by atoms with Crippen molar-refractivity contribution in [2.75, 3.05) is 25.1 Å². The molecule has 1 aromatic rings. The molecule has 0 saturated carbocycles. The van der Waals surface area contributed by atoms with Gasteiger partial charge in [0.25, 0.3) is 11.7 Å². The SMILES string of the molecule is COc1ccc2c(c1)N(CC(=O)NCCC#N)C(=O)C2=O. The van der Waals surface area contributed by atoms with Crippen LogP contribution in [0.4, 0.5) is 5.69 Å². The highest BCUT2D eigenvalue weighted by Gasteiger charge is 2.36. The Kier molecular flexibility index (Phi) is 4.18. The van der Waals surface area contributed by atoms with Crippen LogP contribution >= 0.6 is 0 Å². The molecule has 0 spiro atoms. The summed E-state index contributed by atoms with van der Waals surface area (Å²) < 4.78 is 5.06. The van der Waals surface area contributed by atoms with Gasteiger partial charge in [-0.25, -0.2) is 0 Å². The van der Waals surface area contributed by atoms with E-state index in [0.29, 0.717) is 11.4 Å². The fraction of sp³-hybridized carbons (Fsp3) is 0.286. The van der Waals surface area contributed by atoms with Crippen LogP contribution in [0.15, 0.2) is 18.2 Å². The lowest BCUT2D eigenvalue weighted by Crippen LogP contribution is -2.40. The van der Waals surface area contributed by atoms with Gasteiger partial charge in [-0.1, -0.05) is 0 Å². The molecule has 0 bridgehead atoms. The Hall–Kier alpha value is -2.88. The van der Waals surface area contributed by atoms with Crippen LogP contribution < -0.4 is 15.0 Å². The number of anilines is 1. The molecule has 1 aliphatic rings. The van der Waals surface area contributed by atoms with E-state index >= 15 is 0 Å². The maximum Gasteiger partial charge on any atom is 0.299 e. The van der Waals surface area contributed by atoms with Crippen LogP contribution in [0.2, 0.25) is 0 Å². The number of amides is 2. The van der Waals surface area contributed by atoms with Gasteiger partial charge in [-0.2, -0.15) is 5.26 Å². The molecule has 0 aromatic heterocycles. The van der Waals surface area contributed by atoms with Gasteiger partial charge in [0.05, 0.1) is 30.9 Å². The molecule has 1 N–H and O–H groups in total. The summed E-state index contributed by atoms with van der Waals surface area (Å²) in [6, 6.07) is 6.53. The number of Topliss-reactive ketones (excluding diaryl/α,β-unsaturated/α-hetero) is 1. The predicted octanol–water partition coefficient (Wildman–Crippen LogP) is 0.254. The second-order valence-corrected chi connectivity index (χ2v) is 4.36. The number of ketones is 1. The smallest absolute Gasteiger partial charge is 0.299 e. The third kappa shape index (κ3) is 2.84. The molecule has 0 fully saturated rings. The van der Waals surface area contributed by atoms with Crippen LogP contribution in [-0.4, -0.2) is 37.8 Å². The van der Waals surface area contributed by atoms with E-state index < -0.39 is 17.6 Å². The molecule has 0 radical (unpaired) electrons. The Morgan fingerprint density at radius 1 is 1.43 bits per heavy atom. The van der Waals surface area contributed by atoms with Gasteiger partial charge in [-0.05, 0) is 12.1 Å². The van der Waals surface area contributed by atoms with Crippen molar-refractivity contribution >= 4 is 23.3 Å². The van der Waals surface area contributed by atoms with E-state index in [4.69, 9.17) is 10.00 Å². The molecule has 1 aliphatic heterocycles. The van der Waals surface area contributed by atoms with Crippen LogP contribution in [0.5, 0.6) is 5.75 Å². The Balaban J connectivity index is 2.18. The average Bonchev–Trinajstić information content (AvgIpc) is 2.72. The first-order chi connectivity index (χ1) is 10.1. The molecule has 21 heavy (non-hydrogen) atoms. The van der Waals surface area contributed by atoms with Crippen molar-refractivity contribution in [2.45, 2.75) is 6.42 Å². The van der Waals surface area contributed by atoms with Crippen LogP contribution in [-0.2, 0) is 9.59 Å². The molecule has 0 atom stereocenters. The molecule has 7 nitrogen and oxygen atoms in total. The zero-order valence-electron chi connectivity index (χ0n) is 11.4. The molecular formula is C14H13N3O4. The normalized spacial score (nSPS) is 12.9. The maximum absolute atomic E-state index is 11.9. The van der Waals surface area contributed by atoms with Crippen molar-refractivity contribution in [3.63, 3.8) is 0 Å². The van der Waals surface area contributed by atoms with Crippen molar-refractivity contribution in [1.82, 2.24) is 5.32 Å². The number of hydrogen-bond acceptors (Lipinski definition) is 5. The first-order valence-electron chi connectivity index (χ1n) is 6.26. The highest BCUT2D eigenvalue weighted by atomic mass is 16.5. The molecular weight excluding hydrogens is 274 g/mol. The van der Waals surface area contributed by atoms with E-state index in [1.54, 1.807) is 12.1 Å². The van der Waals surface area contributed by atoms with Crippen molar-refractivity contribution in [1.29, 1.82) is 5.26 Å². The zero-order chi connectivity index (χ0) is 15.4. The molecule has 0 unspecified atom stereocenters. The molecule has 108 valence electrons. The monoisotopic (exact) mass is 287 g/mol. The Labute approximate surface area is 121 Å². The minimum Gasteiger partial charge on any atom is -0.497 e. The molecule has 2 rings (SSSR count). The van der Waals surface area contributed by atoms with E-state index in [1.165, 1.54) is 13.2 Å². The van der Waals surface area contributed by atoms with Gasteiger partial charge in [-0.3, -0.25) is 19.3 Å². The summed E-state index contributed by atoms with van der Waals surface area (Å²) in [6.45, 7) is -0.0630. The number of hydrogen-bond donors (Lipinski definition) is 1. The summed E-state index contributed by atoms with van der Waals surface area (Å²) in [6.07, 6.45) is 0.184. The Morgan fingerprint density at radius 2 is 2.19 bits per heavy atom. The number of methoxy groups -OCH3 is 1. The first kappa shape index (κ1) is 14.5. The highest BCUT2D eigenvalue weighted by molar-refractivity contribution is 6.52. The van der Waals surface area contributed by atoms with Gasteiger partial charge in [0.2, 0.25) is 5.91 Å². The van der Waals surface area contributed by atoms with E-state index in [0.717, 1.165) is 4.90 Å². The van der Waals surface area contributed by atoms with Gasteiger partial charge in [-0.15, -0.1) is 0 Å². The minimum atomic E-state index is -0.742. The minimum absolute atomic E-state index is 0.184. The Morgan fingerprint density at radius 3 is 2.86 bits per heavy atom. The van der Waals surface area contributed by atoms with Gasteiger partial charge in [0.1, 0.15) is 12.3 Å². The van der Waals surface area contributed by atoms with Crippen LogP contribution in [0.25, 0.3) is 0 Å². The molecule has 0 aliphatic carbocycles. The van der Waals surface area contributed by atoms with Crippen LogP contribution in [0.1, 0.15) is 16.8 Å². The largest absolute Gasteiger partial charge is 0.497 e. The number of fused-ring (bicyclic) bond motifs is 1. The average molecular weight is 287 g/mol. The number of carbonyl (C=O) groups is 3. The second-order valence-electron chi connectivity index (χ2n) is 4.36. The van der Waals surface area contributed by atoms with Gasteiger partial charge < -0.3 is 10.1 Å². The third-order valence-corrected chi connectivity index (χ3v) is 3.04. The van der Waals surface area contributed by atoms with Gasteiger partial charge >= 0.3 is 0 Å². The summed E-state index contributed by atoms with van der Waals surface area (Å²) in [5, 5.41) is 10.9. The Bertz CT molecular complexity index is 648. The fourth-order valence-electron chi connectivity index (χ4n) is 2.02.